The summed E-state index contributed by atoms with van der Waals surface area (Å²) in [4.78, 5) is 0. The lowest BCUT2D eigenvalue weighted by Gasteiger charge is -2.41. The lowest BCUT2D eigenvalue weighted by atomic mass is 9.69. The van der Waals surface area contributed by atoms with E-state index in [1.165, 1.54) is 0 Å². The van der Waals surface area contributed by atoms with E-state index in [0.29, 0.717) is 0 Å². The van der Waals surface area contributed by atoms with Gasteiger partial charge in [-0.05, 0) is 19.3 Å². The fourth-order valence-corrected chi connectivity index (χ4v) is 2.75. The van der Waals surface area contributed by atoms with Crippen molar-refractivity contribution in [3.63, 3.8) is 0 Å². The fourth-order valence-electron chi connectivity index (χ4n) is 2.42. The molecule has 4 atom stereocenters. The number of hydrogen-bond donors (Lipinski definition) is 5. The molecule has 0 radical (unpaired) electrons. The Morgan fingerprint density at radius 3 is 1.20 bits per heavy atom. The Morgan fingerprint density at radius 2 is 1.00 bits per heavy atom. The molecular weight excluding hydrogens is 330 g/mol. The number of aliphatic hydroxyl groups is 5. The molecule has 0 fully saturated rings. The molecule has 0 aromatic heterocycles. The van der Waals surface area contributed by atoms with Gasteiger partial charge in [-0.1, -0.05) is 0 Å². The van der Waals surface area contributed by atoms with E-state index in [9.17, 15) is 25.5 Å². The molecule has 0 saturated carbocycles. The molecule has 0 aliphatic carbocycles. The number of hydrogen-bond acceptors (Lipinski definition) is 5. The average Bonchev–Trinajstić information content (AvgIpc) is 2.45. The summed E-state index contributed by atoms with van der Waals surface area (Å²) in [6.07, 6.45) is -4.02. The molecule has 0 rings (SSSR count). The first kappa shape index (κ1) is 20.7. The predicted octanol–water partition coefficient (Wildman–Crippen LogP) is 0.295. The lowest BCUT2D eigenvalue weighted by molar-refractivity contribution is -0.0814. The molecule has 5 N–H and O–H groups in total. The second-order valence-electron chi connectivity index (χ2n) is 5.10. The summed E-state index contributed by atoms with van der Waals surface area (Å²) >= 11 is 16.7. The van der Waals surface area contributed by atoms with Crippen molar-refractivity contribution in [3.05, 3.63) is 0 Å². The van der Waals surface area contributed by atoms with E-state index in [0.717, 1.165) is 0 Å². The van der Waals surface area contributed by atoms with Gasteiger partial charge in [0, 0.05) is 23.1 Å². The Kier molecular flexibility index (Phi) is 10.8. The van der Waals surface area contributed by atoms with Crippen LogP contribution in [0.15, 0.2) is 0 Å². The van der Waals surface area contributed by atoms with Crippen LogP contribution in [-0.2, 0) is 0 Å². The van der Waals surface area contributed by atoms with Crippen LogP contribution in [0, 0.1) is 5.41 Å². The third kappa shape index (κ3) is 6.62. The molecule has 122 valence electrons. The van der Waals surface area contributed by atoms with Crippen LogP contribution in [0.2, 0.25) is 0 Å². The average molecular weight is 354 g/mol. The van der Waals surface area contributed by atoms with Gasteiger partial charge < -0.3 is 25.5 Å². The topological polar surface area (TPSA) is 101 Å². The van der Waals surface area contributed by atoms with E-state index in [2.05, 4.69) is 0 Å². The van der Waals surface area contributed by atoms with Gasteiger partial charge in [0.05, 0.1) is 31.0 Å². The molecule has 0 aromatic carbocycles. The quantitative estimate of drug-likeness (QED) is 0.344. The zero-order valence-electron chi connectivity index (χ0n) is 11.1. The molecule has 8 heteroatoms. The van der Waals surface area contributed by atoms with E-state index >= 15 is 0 Å². The lowest BCUT2D eigenvalue weighted by Crippen LogP contribution is -2.46. The van der Waals surface area contributed by atoms with Crippen molar-refractivity contribution in [2.75, 3.05) is 24.2 Å². The zero-order chi connectivity index (χ0) is 15.8. The maximum atomic E-state index is 10.1. The first-order valence-corrected chi connectivity index (χ1v) is 7.96. The van der Waals surface area contributed by atoms with Crippen molar-refractivity contribution in [2.24, 2.45) is 5.41 Å². The highest BCUT2D eigenvalue weighted by molar-refractivity contribution is 6.18. The maximum absolute atomic E-state index is 10.1. The second kappa shape index (κ2) is 10.4. The van der Waals surface area contributed by atoms with Gasteiger partial charge in [-0.3, -0.25) is 0 Å². The van der Waals surface area contributed by atoms with Crippen molar-refractivity contribution in [1.29, 1.82) is 0 Å². The Hall–Kier alpha value is 0.670. The predicted molar refractivity (Wildman–Crippen MR) is 79.6 cm³/mol. The first-order valence-electron chi connectivity index (χ1n) is 6.36. The molecule has 0 aromatic rings. The van der Waals surface area contributed by atoms with Crippen LogP contribution in [0.4, 0.5) is 0 Å². The van der Waals surface area contributed by atoms with Gasteiger partial charge in [0.15, 0.2) is 0 Å². The highest BCUT2D eigenvalue weighted by Gasteiger charge is 2.42. The van der Waals surface area contributed by atoms with E-state index < -0.39 is 36.4 Å². The monoisotopic (exact) mass is 352 g/mol. The molecule has 0 spiro atoms. The van der Waals surface area contributed by atoms with Gasteiger partial charge in [-0.2, -0.15) is 0 Å². The van der Waals surface area contributed by atoms with Gasteiger partial charge >= 0.3 is 0 Å². The van der Waals surface area contributed by atoms with Crippen LogP contribution in [0.5, 0.6) is 0 Å². The summed E-state index contributed by atoms with van der Waals surface area (Å²) in [5, 5.41) is 48.6. The van der Waals surface area contributed by atoms with Crippen molar-refractivity contribution in [1.82, 2.24) is 0 Å². The van der Waals surface area contributed by atoms with Gasteiger partial charge in [-0.15, -0.1) is 34.8 Å². The molecule has 0 aliphatic heterocycles. The van der Waals surface area contributed by atoms with Crippen molar-refractivity contribution < 1.29 is 25.5 Å². The maximum Gasteiger partial charge on any atom is 0.0829 e. The highest BCUT2D eigenvalue weighted by Crippen LogP contribution is 2.39. The molecule has 0 bridgehead atoms. The normalized spacial score (nSPS) is 21.0. The largest absolute Gasteiger partial charge is 0.394 e. The molecule has 0 amide bonds. The molecule has 0 aliphatic rings. The third-order valence-electron chi connectivity index (χ3n) is 3.34. The van der Waals surface area contributed by atoms with E-state index in [1.807, 2.05) is 0 Å². The molecule has 0 saturated heterocycles. The summed E-state index contributed by atoms with van der Waals surface area (Å²) in [7, 11) is 0. The SMILES string of the molecule is OCC(O)C(CC(O)CCl)(CC(O)CCl)CC(O)CCl. The minimum absolute atomic E-state index is 0.0140. The molecule has 4 unspecified atom stereocenters. The number of aliphatic hydroxyl groups excluding tert-OH is 5. The summed E-state index contributed by atoms with van der Waals surface area (Å²) in [5.41, 5.74) is -1.12. The first-order chi connectivity index (χ1) is 9.34. The third-order valence-corrected chi connectivity index (χ3v) is 4.41. The number of alkyl halides is 3. The smallest absolute Gasteiger partial charge is 0.0829 e. The fraction of sp³-hybridized carbons (Fsp3) is 1.00. The summed E-state index contributed by atoms with van der Waals surface area (Å²) in [6, 6.07) is 0. The Bertz CT molecular complexity index is 226. The molecule has 20 heavy (non-hydrogen) atoms. The number of rotatable bonds is 11. The van der Waals surface area contributed by atoms with Crippen LogP contribution in [0.1, 0.15) is 19.3 Å². The minimum Gasteiger partial charge on any atom is -0.394 e. The van der Waals surface area contributed by atoms with Crippen molar-refractivity contribution in [3.8, 4) is 0 Å². The second-order valence-corrected chi connectivity index (χ2v) is 6.02. The summed E-state index contributed by atoms with van der Waals surface area (Å²) in [6.45, 7) is -0.570. The Balaban J connectivity index is 5.26. The van der Waals surface area contributed by atoms with Gasteiger partial charge in [-0.25, -0.2) is 0 Å². The van der Waals surface area contributed by atoms with E-state index in [4.69, 9.17) is 34.8 Å². The van der Waals surface area contributed by atoms with Crippen molar-refractivity contribution >= 4 is 34.8 Å². The number of halogens is 3. The molecular formula is C12H23Cl3O5. The van der Waals surface area contributed by atoms with Crippen LogP contribution in [0.25, 0.3) is 0 Å². The summed E-state index contributed by atoms with van der Waals surface area (Å²) in [5.74, 6) is -0.185. The van der Waals surface area contributed by atoms with Gasteiger partial charge in [0.1, 0.15) is 0 Å². The van der Waals surface area contributed by atoms with E-state index in [-0.39, 0.29) is 36.9 Å². The van der Waals surface area contributed by atoms with Crippen LogP contribution >= 0.6 is 34.8 Å². The van der Waals surface area contributed by atoms with Crippen LogP contribution in [-0.4, -0.2) is 74.2 Å². The van der Waals surface area contributed by atoms with E-state index in [1.54, 1.807) is 0 Å². The molecule has 0 heterocycles. The minimum atomic E-state index is -1.24. The standard InChI is InChI=1S/C12H23Cl3O5/c13-4-8(17)1-12(11(20)7-16,2-9(18)5-14)3-10(19)6-15/h8-11,16-20H,1-7H2. The highest BCUT2D eigenvalue weighted by atomic mass is 35.5. The molecule has 5 nitrogen and oxygen atoms in total. The zero-order valence-corrected chi connectivity index (χ0v) is 13.4. The Morgan fingerprint density at radius 1 is 0.700 bits per heavy atom. The van der Waals surface area contributed by atoms with Crippen molar-refractivity contribution in [2.45, 2.75) is 43.7 Å². The van der Waals surface area contributed by atoms with Gasteiger partial charge in [0.2, 0.25) is 0 Å². The van der Waals surface area contributed by atoms with Crippen LogP contribution < -0.4 is 0 Å². The van der Waals surface area contributed by atoms with Gasteiger partial charge in [0.25, 0.3) is 0 Å². The van der Waals surface area contributed by atoms with Crippen LogP contribution in [0.3, 0.4) is 0 Å². The summed E-state index contributed by atoms with van der Waals surface area (Å²) < 4.78 is 0. The Labute approximate surface area is 134 Å².